The molecule has 0 radical (unpaired) electrons. The average molecular weight is 397 g/mol. The summed E-state index contributed by atoms with van der Waals surface area (Å²) in [6.45, 7) is 6.99. The van der Waals surface area contributed by atoms with Gasteiger partial charge in [0.05, 0.1) is 0 Å². The molecule has 0 spiro atoms. The smallest absolute Gasteiger partial charge is 0.354 e. The lowest BCUT2D eigenvalue weighted by atomic mass is 10.1. The third-order valence-corrected chi connectivity index (χ3v) is 5.30. The highest BCUT2D eigenvalue weighted by Gasteiger charge is 2.35. The van der Waals surface area contributed by atoms with Crippen LogP contribution in [0.1, 0.15) is 22.5 Å². The van der Waals surface area contributed by atoms with Crippen LogP contribution in [-0.2, 0) is 12.7 Å². The third-order valence-electron chi connectivity index (χ3n) is 4.75. The van der Waals surface area contributed by atoms with Gasteiger partial charge in [0.25, 0.3) is 0 Å². The van der Waals surface area contributed by atoms with E-state index in [1.165, 1.54) is 24.0 Å². The van der Waals surface area contributed by atoms with Gasteiger partial charge in [-0.15, -0.1) is 0 Å². The van der Waals surface area contributed by atoms with Crippen molar-refractivity contribution in [2.45, 2.75) is 31.7 Å². The van der Waals surface area contributed by atoms with Gasteiger partial charge in [0.15, 0.2) is 5.16 Å². The van der Waals surface area contributed by atoms with Crippen molar-refractivity contribution in [2.75, 3.05) is 37.3 Å². The summed E-state index contributed by atoms with van der Waals surface area (Å²) in [6.07, 6.45) is -1.30. The van der Waals surface area contributed by atoms with Gasteiger partial charge in [0, 0.05) is 50.2 Å². The molecule has 0 aromatic carbocycles. The Balaban J connectivity index is 1.70. The molecular weight excluding hydrogens is 375 g/mol. The zero-order chi connectivity index (χ0) is 19.6. The van der Waals surface area contributed by atoms with Gasteiger partial charge >= 0.3 is 6.18 Å². The largest absolute Gasteiger partial charge is 0.433 e. The molecule has 5 nitrogen and oxygen atoms in total. The Morgan fingerprint density at radius 1 is 1.11 bits per heavy atom. The predicted octanol–water partition coefficient (Wildman–Crippen LogP) is 3.55. The molecule has 1 fully saturated rings. The van der Waals surface area contributed by atoms with Crippen LogP contribution < -0.4 is 4.90 Å². The van der Waals surface area contributed by atoms with E-state index in [-0.39, 0.29) is 12.1 Å². The molecule has 9 heteroatoms. The summed E-state index contributed by atoms with van der Waals surface area (Å²) in [5.74, 6) is 0.920. The molecule has 0 unspecified atom stereocenters. The van der Waals surface area contributed by atoms with Crippen molar-refractivity contribution < 1.29 is 13.2 Å². The number of alkyl halides is 3. The number of rotatable bonds is 4. The molecule has 3 heterocycles. The van der Waals surface area contributed by atoms with Crippen molar-refractivity contribution in [3.8, 4) is 0 Å². The van der Waals surface area contributed by atoms with E-state index in [1.54, 1.807) is 6.07 Å². The fourth-order valence-corrected chi connectivity index (χ4v) is 3.57. The molecule has 1 aliphatic heterocycles. The fraction of sp³-hybridized carbons (Fsp3) is 0.500. The second kappa shape index (κ2) is 8.02. The van der Waals surface area contributed by atoms with E-state index in [1.807, 2.05) is 25.0 Å². The van der Waals surface area contributed by atoms with Gasteiger partial charge in [0.2, 0.25) is 0 Å². The molecule has 0 aliphatic carbocycles. The zero-order valence-corrected chi connectivity index (χ0v) is 16.4. The van der Waals surface area contributed by atoms with Crippen LogP contribution in [0.4, 0.5) is 19.0 Å². The number of nitrogens with zero attached hydrogens (tertiary/aromatic N) is 5. The number of piperazine rings is 1. The van der Waals surface area contributed by atoms with Gasteiger partial charge in [0.1, 0.15) is 11.5 Å². The first-order valence-electron chi connectivity index (χ1n) is 8.67. The van der Waals surface area contributed by atoms with Gasteiger partial charge in [-0.05, 0) is 31.7 Å². The topological polar surface area (TPSA) is 45.2 Å². The van der Waals surface area contributed by atoms with E-state index in [4.69, 9.17) is 0 Å². The Labute approximate surface area is 161 Å². The van der Waals surface area contributed by atoms with Crippen molar-refractivity contribution in [1.29, 1.82) is 0 Å². The quantitative estimate of drug-likeness (QED) is 0.581. The van der Waals surface area contributed by atoms with Crippen LogP contribution in [0.15, 0.2) is 23.5 Å². The molecule has 27 heavy (non-hydrogen) atoms. The van der Waals surface area contributed by atoms with Crippen LogP contribution in [0.3, 0.4) is 0 Å². The molecule has 146 valence electrons. The molecule has 2 aromatic heterocycles. The second-order valence-corrected chi connectivity index (χ2v) is 7.29. The lowest BCUT2D eigenvalue weighted by molar-refractivity contribution is -0.142. The predicted molar refractivity (Wildman–Crippen MR) is 100 cm³/mol. The number of aryl methyl sites for hydroxylation is 1. The fourth-order valence-electron chi connectivity index (χ4n) is 3.17. The highest BCUT2D eigenvalue weighted by molar-refractivity contribution is 7.98. The number of thioether (sulfide) groups is 1. The zero-order valence-electron chi connectivity index (χ0n) is 15.5. The number of anilines is 1. The molecule has 0 saturated carbocycles. The summed E-state index contributed by atoms with van der Waals surface area (Å²) < 4.78 is 39.4. The number of hydrogen-bond donors (Lipinski definition) is 0. The van der Waals surface area contributed by atoms with Crippen molar-refractivity contribution in [3.05, 3.63) is 40.8 Å². The van der Waals surface area contributed by atoms with Crippen LogP contribution in [0.2, 0.25) is 0 Å². The maximum Gasteiger partial charge on any atom is 0.433 e. The number of pyridine rings is 1. The molecule has 1 saturated heterocycles. The molecule has 2 aromatic rings. The van der Waals surface area contributed by atoms with Crippen molar-refractivity contribution >= 4 is 17.6 Å². The summed E-state index contributed by atoms with van der Waals surface area (Å²) in [4.78, 5) is 16.8. The minimum atomic E-state index is -4.43. The molecule has 0 N–H and O–H groups in total. The maximum absolute atomic E-state index is 13.1. The maximum atomic E-state index is 13.1. The molecule has 3 rings (SSSR count). The van der Waals surface area contributed by atoms with Crippen molar-refractivity contribution in [1.82, 2.24) is 19.9 Å². The minimum absolute atomic E-state index is 0.220. The van der Waals surface area contributed by atoms with Gasteiger partial charge < -0.3 is 4.90 Å². The Hall–Kier alpha value is -1.87. The van der Waals surface area contributed by atoms with Crippen LogP contribution >= 0.6 is 11.8 Å². The Bertz CT molecular complexity index is 804. The molecule has 0 bridgehead atoms. The van der Waals surface area contributed by atoms with Gasteiger partial charge in [-0.1, -0.05) is 17.8 Å². The third kappa shape index (κ3) is 4.52. The van der Waals surface area contributed by atoms with E-state index < -0.39 is 11.9 Å². The Morgan fingerprint density at radius 3 is 2.44 bits per heavy atom. The Morgan fingerprint density at radius 2 is 1.81 bits per heavy atom. The van der Waals surface area contributed by atoms with E-state index in [0.29, 0.717) is 26.2 Å². The van der Waals surface area contributed by atoms with E-state index in [0.717, 1.165) is 22.2 Å². The van der Waals surface area contributed by atoms with Crippen molar-refractivity contribution in [3.63, 3.8) is 0 Å². The lowest BCUT2D eigenvalue weighted by Gasteiger charge is -2.36. The molecular formula is C18H22F3N5S. The average Bonchev–Trinajstić information content (AvgIpc) is 2.64. The van der Waals surface area contributed by atoms with Crippen molar-refractivity contribution in [2.24, 2.45) is 0 Å². The molecule has 0 amide bonds. The lowest BCUT2D eigenvalue weighted by Crippen LogP contribution is -2.46. The first-order chi connectivity index (χ1) is 12.8. The first kappa shape index (κ1) is 19.9. The number of halogens is 3. The number of aromatic nitrogens is 3. The van der Waals surface area contributed by atoms with E-state index >= 15 is 0 Å². The first-order valence-corrected chi connectivity index (χ1v) is 9.89. The normalized spacial score (nSPS) is 16.0. The summed E-state index contributed by atoms with van der Waals surface area (Å²) in [5, 5.41) is 0.737. The van der Waals surface area contributed by atoms with Gasteiger partial charge in [-0.25, -0.2) is 9.97 Å². The second-order valence-electron chi connectivity index (χ2n) is 6.52. The summed E-state index contributed by atoms with van der Waals surface area (Å²) >= 11 is 1.50. The summed E-state index contributed by atoms with van der Waals surface area (Å²) in [7, 11) is 0. The minimum Gasteiger partial charge on any atom is -0.354 e. The number of hydrogen-bond acceptors (Lipinski definition) is 6. The van der Waals surface area contributed by atoms with Crippen LogP contribution in [-0.4, -0.2) is 52.3 Å². The van der Waals surface area contributed by atoms with E-state index in [9.17, 15) is 13.2 Å². The van der Waals surface area contributed by atoms with Crippen LogP contribution in [0.25, 0.3) is 0 Å². The van der Waals surface area contributed by atoms with E-state index in [2.05, 4.69) is 19.9 Å². The molecule has 1 aliphatic rings. The Kier molecular flexibility index (Phi) is 5.90. The summed E-state index contributed by atoms with van der Waals surface area (Å²) in [6, 6.07) is 3.06. The highest BCUT2D eigenvalue weighted by Crippen LogP contribution is 2.31. The standard InChI is InChI=1S/C18H22F3N5S/c1-12-13(2)23-17(27-3)24-16(12)26-9-7-25(8-10-26)11-14-5-4-6-22-15(14)18(19,20)21/h4-6H,7-11H2,1-3H3. The van der Waals surface area contributed by atoms with Crippen LogP contribution in [0, 0.1) is 13.8 Å². The summed E-state index contributed by atoms with van der Waals surface area (Å²) in [5.41, 5.74) is 1.43. The highest BCUT2D eigenvalue weighted by atomic mass is 32.2. The molecule has 0 atom stereocenters. The monoisotopic (exact) mass is 397 g/mol. The van der Waals surface area contributed by atoms with Gasteiger partial charge in [-0.2, -0.15) is 13.2 Å². The van der Waals surface area contributed by atoms with Crippen LogP contribution in [0.5, 0.6) is 0 Å². The van der Waals surface area contributed by atoms with Gasteiger partial charge in [-0.3, -0.25) is 9.88 Å². The SMILES string of the molecule is CSc1nc(C)c(C)c(N2CCN(Cc3cccnc3C(F)(F)F)CC2)n1.